The molecular formula is C16H26N2O2. The maximum absolute atomic E-state index is 11.0. The molecule has 2 unspecified atom stereocenters. The Kier molecular flexibility index (Phi) is 6.68. The highest BCUT2D eigenvalue weighted by molar-refractivity contribution is 5.88. The SMILES string of the molecule is CCC(NCC(C)C)C(O)c1ccc(NC(C)=O)cc1. The highest BCUT2D eigenvalue weighted by atomic mass is 16.3. The number of nitrogens with one attached hydrogen (secondary N) is 2. The van der Waals surface area contributed by atoms with Gasteiger partial charge in [0.2, 0.25) is 5.91 Å². The normalized spacial score (nSPS) is 14.1. The highest BCUT2D eigenvalue weighted by Gasteiger charge is 2.18. The Morgan fingerprint density at radius 2 is 1.85 bits per heavy atom. The Balaban J connectivity index is 2.69. The van der Waals surface area contributed by atoms with E-state index < -0.39 is 6.10 Å². The molecule has 3 N–H and O–H groups in total. The molecule has 20 heavy (non-hydrogen) atoms. The summed E-state index contributed by atoms with van der Waals surface area (Å²) in [6.45, 7) is 8.72. The van der Waals surface area contributed by atoms with Gasteiger partial charge in [-0.25, -0.2) is 0 Å². The summed E-state index contributed by atoms with van der Waals surface area (Å²) in [5.74, 6) is 0.460. The molecule has 0 saturated heterocycles. The monoisotopic (exact) mass is 278 g/mol. The lowest BCUT2D eigenvalue weighted by Gasteiger charge is -2.24. The van der Waals surface area contributed by atoms with Crippen molar-refractivity contribution in [1.29, 1.82) is 0 Å². The second-order valence-corrected chi connectivity index (χ2v) is 5.56. The van der Waals surface area contributed by atoms with Crippen molar-refractivity contribution in [2.75, 3.05) is 11.9 Å². The zero-order valence-corrected chi connectivity index (χ0v) is 12.8. The smallest absolute Gasteiger partial charge is 0.221 e. The number of benzene rings is 1. The van der Waals surface area contributed by atoms with Gasteiger partial charge in [0, 0.05) is 18.7 Å². The van der Waals surface area contributed by atoms with Crippen LogP contribution in [0.15, 0.2) is 24.3 Å². The van der Waals surface area contributed by atoms with Crippen LogP contribution < -0.4 is 10.6 Å². The number of aliphatic hydroxyl groups excluding tert-OH is 1. The number of carbonyl (C=O) groups is 1. The van der Waals surface area contributed by atoms with Crippen molar-refractivity contribution in [3.05, 3.63) is 29.8 Å². The van der Waals surface area contributed by atoms with Crippen molar-refractivity contribution in [3.8, 4) is 0 Å². The van der Waals surface area contributed by atoms with Crippen LogP contribution in [0.3, 0.4) is 0 Å². The van der Waals surface area contributed by atoms with E-state index in [1.807, 2.05) is 24.3 Å². The Labute approximate surface area is 121 Å². The number of hydrogen-bond donors (Lipinski definition) is 3. The fourth-order valence-electron chi connectivity index (χ4n) is 2.07. The molecule has 1 aromatic carbocycles. The Morgan fingerprint density at radius 3 is 2.30 bits per heavy atom. The molecule has 0 bridgehead atoms. The fourth-order valence-corrected chi connectivity index (χ4v) is 2.07. The predicted octanol–water partition coefficient (Wildman–Crippen LogP) is 2.70. The first-order valence-electron chi connectivity index (χ1n) is 7.23. The van der Waals surface area contributed by atoms with E-state index >= 15 is 0 Å². The number of amides is 1. The van der Waals surface area contributed by atoms with Crippen molar-refractivity contribution in [1.82, 2.24) is 5.32 Å². The first-order chi connectivity index (χ1) is 9.43. The van der Waals surface area contributed by atoms with Crippen molar-refractivity contribution < 1.29 is 9.90 Å². The summed E-state index contributed by atoms with van der Waals surface area (Å²) in [6, 6.07) is 7.39. The molecule has 1 aromatic rings. The van der Waals surface area contributed by atoms with Gasteiger partial charge in [0.1, 0.15) is 0 Å². The zero-order valence-electron chi connectivity index (χ0n) is 12.8. The van der Waals surface area contributed by atoms with Crippen LogP contribution in [-0.4, -0.2) is 23.6 Å². The lowest BCUT2D eigenvalue weighted by atomic mass is 9.99. The van der Waals surface area contributed by atoms with Gasteiger partial charge in [0.25, 0.3) is 0 Å². The first-order valence-corrected chi connectivity index (χ1v) is 7.23. The third-order valence-electron chi connectivity index (χ3n) is 3.18. The molecule has 1 rings (SSSR count). The molecule has 0 aliphatic carbocycles. The van der Waals surface area contributed by atoms with E-state index in [4.69, 9.17) is 0 Å². The molecular weight excluding hydrogens is 252 g/mol. The maximum Gasteiger partial charge on any atom is 0.221 e. The molecule has 4 nitrogen and oxygen atoms in total. The maximum atomic E-state index is 11.0. The van der Waals surface area contributed by atoms with Crippen molar-refractivity contribution in [2.45, 2.75) is 46.3 Å². The van der Waals surface area contributed by atoms with Gasteiger partial charge >= 0.3 is 0 Å². The van der Waals surface area contributed by atoms with E-state index in [-0.39, 0.29) is 11.9 Å². The Bertz CT molecular complexity index is 415. The van der Waals surface area contributed by atoms with E-state index in [1.165, 1.54) is 6.92 Å². The van der Waals surface area contributed by atoms with Gasteiger partial charge < -0.3 is 15.7 Å². The minimum atomic E-state index is -0.537. The van der Waals surface area contributed by atoms with Crippen LogP contribution in [0.4, 0.5) is 5.69 Å². The van der Waals surface area contributed by atoms with Crippen molar-refractivity contribution >= 4 is 11.6 Å². The molecule has 0 aliphatic heterocycles. The van der Waals surface area contributed by atoms with E-state index in [0.717, 1.165) is 24.2 Å². The molecule has 112 valence electrons. The third-order valence-corrected chi connectivity index (χ3v) is 3.18. The van der Waals surface area contributed by atoms with Crippen LogP contribution in [0, 0.1) is 5.92 Å². The molecule has 0 aliphatic rings. The Hall–Kier alpha value is -1.39. The zero-order chi connectivity index (χ0) is 15.1. The third kappa shape index (κ3) is 5.31. The van der Waals surface area contributed by atoms with Crippen LogP contribution >= 0.6 is 0 Å². The van der Waals surface area contributed by atoms with Crippen LogP contribution in [0.5, 0.6) is 0 Å². The quantitative estimate of drug-likeness (QED) is 0.718. The van der Waals surface area contributed by atoms with Crippen molar-refractivity contribution in [3.63, 3.8) is 0 Å². The summed E-state index contributed by atoms with van der Waals surface area (Å²) >= 11 is 0. The molecule has 0 aromatic heterocycles. The van der Waals surface area contributed by atoms with Crippen LogP contribution in [0.1, 0.15) is 45.8 Å². The van der Waals surface area contributed by atoms with Gasteiger partial charge in [-0.1, -0.05) is 32.9 Å². The summed E-state index contributed by atoms with van der Waals surface area (Å²) in [7, 11) is 0. The number of rotatable bonds is 7. The minimum absolute atomic E-state index is 0.0454. The average Bonchev–Trinajstić information content (AvgIpc) is 2.39. The molecule has 4 heteroatoms. The summed E-state index contributed by atoms with van der Waals surface area (Å²) in [4.78, 5) is 11.0. The van der Waals surface area contributed by atoms with Gasteiger partial charge in [0.15, 0.2) is 0 Å². The summed E-state index contributed by atoms with van der Waals surface area (Å²) in [5, 5.41) is 16.5. The first kappa shape index (κ1) is 16.7. The van der Waals surface area contributed by atoms with E-state index in [0.29, 0.717) is 5.92 Å². The summed E-state index contributed by atoms with van der Waals surface area (Å²) in [6.07, 6.45) is 0.326. The average molecular weight is 278 g/mol. The van der Waals surface area contributed by atoms with E-state index in [9.17, 15) is 9.90 Å². The lowest BCUT2D eigenvalue weighted by molar-refractivity contribution is -0.114. The van der Waals surface area contributed by atoms with E-state index in [1.54, 1.807) is 0 Å². The van der Waals surface area contributed by atoms with Gasteiger partial charge in [-0.2, -0.15) is 0 Å². The lowest BCUT2D eigenvalue weighted by Crippen LogP contribution is -2.36. The number of anilines is 1. The van der Waals surface area contributed by atoms with Crippen molar-refractivity contribution in [2.24, 2.45) is 5.92 Å². The highest BCUT2D eigenvalue weighted by Crippen LogP contribution is 2.21. The molecule has 0 saturated carbocycles. The van der Waals surface area contributed by atoms with Gasteiger partial charge in [-0.15, -0.1) is 0 Å². The minimum Gasteiger partial charge on any atom is -0.387 e. The van der Waals surface area contributed by atoms with Crippen LogP contribution in [0.2, 0.25) is 0 Å². The molecule has 1 amide bonds. The predicted molar refractivity (Wildman–Crippen MR) is 82.6 cm³/mol. The molecule has 0 spiro atoms. The molecule has 0 radical (unpaired) electrons. The van der Waals surface area contributed by atoms with Crippen LogP contribution in [-0.2, 0) is 4.79 Å². The molecule has 2 atom stereocenters. The number of carbonyl (C=O) groups excluding carboxylic acids is 1. The summed E-state index contributed by atoms with van der Waals surface area (Å²) in [5.41, 5.74) is 1.61. The standard InChI is InChI=1S/C16H26N2O2/c1-5-15(17-10-11(2)3)16(20)13-6-8-14(9-7-13)18-12(4)19/h6-9,11,15-17,20H,5,10H2,1-4H3,(H,18,19). The van der Waals surface area contributed by atoms with Gasteiger partial charge in [-0.3, -0.25) is 4.79 Å². The van der Waals surface area contributed by atoms with E-state index in [2.05, 4.69) is 31.4 Å². The number of hydrogen-bond acceptors (Lipinski definition) is 3. The topological polar surface area (TPSA) is 61.4 Å². The van der Waals surface area contributed by atoms with Gasteiger partial charge in [0.05, 0.1) is 6.10 Å². The largest absolute Gasteiger partial charge is 0.387 e. The molecule has 0 fully saturated rings. The number of aliphatic hydroxyl groups is 1. The fraction of sp³-hybridized carbons (Fsp3) is 0.562. The second kappa shape index (κ2) is 8.02. The van der Waals surface area contributed by atoms with Crippen LogP contribution in [0.25, 0.3) is 0 Å². The molecule has 0 heterocycles. The van der Waals surface area contributed by atoms with Gasteiger partial charge in [-0.05, 0) is 36.6 Å². The summed E-state index contributed by atoms with van der Waals surface area (Å²) < 4.78 is 0. The second-order valence-electron chi connectivity index (χ2n) is 5.56. The Morgan fingerprint density at radius 1 is 1.25 bits per heavy atom.